The quantitative estimate of drug-likeness (QED) is 0.616. The number of benzene rings is 1. The number of urea groups is 1. The molecule has 0 spiro atoms. The van der Waals surface area contributed by atoms with Crippen LogP contribution in [-0.2, 0) is 4.79 Å². The molecule has 0 bridgehead atoms. The number of hydrogen-bond acceptors (Lipinski definition) is 2. The monoisotopic (exact) mass is 274 g/mol. The van der Waals surface area contributed by atoms with Gasteiger partial charge in [-0.25, -0.2) is 4.79 Å². The predicted octanol–water partition coefficient (Wildman–Crippen LogP) is 2.01. The third kappa shape index (κ3) is 5.02. The van der Waals surface area contributed by atoms with Crippen LogP contribution in [-0.4, -0.2) is 30.2 Å². The van der Waals surface area contributed by atoms with Gasteiger partial charge < -0.3 is 10.4 Å². The van der Waals surface area contributed by atoms with Crippen LogP contribution in [0.4, 0.5) is 10.5 Å². The smallest absolute Gasteiger partial charge is 0.321 e. The standard InChI is InChI=1S/C15H18N2O3/c1-3-4-10-16-15(20)17(11-9-14(18)19)13-7-5-12(2)6-8-13/h1,5-8H,4,9-11H2,2H3,(H,16,20)(H,18,19). The lowest BCUT2D eigenvalue weighted by Crippen LogP contribution is -2.41. The van der Waals surface area contributed by atoms with Crippen LogP contribution in [0.1, 0.15) is 18.4 Å². The molecular formula is C15H18N2O3. The van der Waals surface area contributed by atoms with Crippen molar-refractivity contribution in [2.75, 3.05) is 18.0 Å². The number of aryl methyl sites for hydroxylation is 1. The molecular weight excluding hydrogens is 256 g/mol. The van der Waals surface area contributed by atoms with Gasteiger partial charge in [-0.3, -0.25) is 9.69 Å². The van der Waals surface area contributed by atoms with Gasteiger partial charge in [0, 0.05) is 25.2 Å². The second-order valence-electron chi connectivity index (χ2n) is 4.32. The molecule has 0 heterocycles. The Hall–Kier alpha value is -2.48. The molecule has 0 fully saturated rings. The van der Waals surface area contributed by atoms with Crippen molar-refractivity contribution in [2.24, 2.45) is 0 Å². The van der Waals surface area contributed by atoms with E-state index in [-0.39, 0.29) is 19.0 Å². The van der Waals surface area contributed by atoms with Crippen molar-refractivity contribution in [3.63, 3.8) is 0 Å². The third-order valence-electron chi connectivity index (χ3n) is 2.69. The van der Waals surface area contributed by atoms with Crippen molar-refractivity contribution < 1.29 is 14.7 Å². The highest BCUT2D eigenvalue weighted by Crippen LogP contribution is 2.15. The van der Waals surface area contributed by atoms with E-state index < -0.39 is 5.97 Å². The SMILES string of the molecule is C#CCCNC(=O)N(CCC(=O)O)c1ccc(C)cc1. The molecule has 0 aliphatic carbocycles. The molecule has 1 rings (SSSR count). The van der Waals surface area contributed by atoms with Crippen molar-refractivity contribution in [2.45, 2.75) is 19.8 Å². The molecule has 5 nitrogen and oxygen atoms in total. The van der Waals surface area contributed by atoms with E-state index in [1.165, 1.54) is 4.90 Å². The van der Waals surface area contributed by atoms with Crippen LogP contribution in [0.25, 0.3) is 0 Å². The number of rotatable bonds is 6. The zero-order valence-electron chi connectivity index (χ0n) is 11.4. The highest BCUT2D eigenvalue weighted by molar-refractivity contribution is 5.92. The third-order valence-corrected chi connectivity index (χ3v) is 2.69. The van der Waals surface area contributed by atoms with Crippen LogP contribution >= 0.6 is 0 Å². The lowest BCUT2D eigenvalue weighted by molar-refractivity contribution is -0.136. The van der Waals surface area contributed by atoms with Crippen molar-refractivity contribution in [3.05, 3.63) is 29.8 Å². The number of amides is 2. The van der Waals surface area contributed by atoms with Crippen molar-refractivity contribution in [1.29, 1.82) is 0 Å². The van der Waals surface area contributed by atoms with Gasteiger partial charge in [0.2, 0.25) is 0 Å². The Labute approximate surface area is 118 Å². The van der Waals surface area contributed by atoms with Crippen LogP contribution < -0.4 is 10.2 Å². The second kappa shape index (κ2) is 7.85. The van der Waals surface area contributed by atoms with E-state index in [1.54, 1.807) is 12.1 Å². The molecule has 0 radical (unpaired) electrons. The number of terminal acetylenes is 1. The maximum atomic E-state index is 12.1. The summed E-state index contributed by atoms with van der Waals surface area (Å²) in [6, 6.07) is 6.98. The largest absolute Gasteiger partial charge is 0.481 e. The summed E-state index contributed by atoms with van der Waals surface area (Å²) in [6.45, 7) is 2.42. The molecule has 0 aliphatic heterocycles. The van der Waals surface area contributed by atoms with E-state index in [2.05, 4.69) is 11.2 Å². The maximum Gasteiger partial charge on any atom is 0.321 e. The topological polar surface area (TPSA) is 69.6 Å². The summed E-state index contributed by atoms with van der Waals surface area (Å²) in [5.74, 6) is 1.49. The average molecular weight is 274 g/mol. The summed E-state index contributed by atoms with van der Waals surface area (Å²) in [6.07, 6.45) is 5.45. The molecule has 0 saturated carbocycles. The number of carbonyl (C=O) groups excluding carboxylic acids is 1. The Bertz CT molecular complexity index is 503. The number of nitrogens with one attached hydrogen (secondary N) is 1. The van der Waals surface area contributed by atoms with E-state index in [1.807, 2.05) is 19.1 Å². The highest BCUT2D eigenvalue weighted by atomic mass is 16.4. The molecule has 2 N–H and O–H groups in total. The van der Waals surface area contributed by atoms with Crippen molar-refractivity contribution in [1.82, 2.24) is 5.32 Å². The van der Waals surface area contributed by atoms with Gasteiger partial charge in [0.25, 0.3) is 0 Å². The normalized spacial score (nSPS) is 9.60. The molecule has 0 saturated heterocycles. The maximum absolute atomic E-state index is 12.1. The Morgan fingerprint density at radius 1 is 1.35 bits per heavy atom. The number of carbonyl (C=O) groups is 2. The lowest BCUT2D eigenvalue weighted by atomic mass is 10.2. The van der Waals surface area contributed by atoms with Crippen LogP contribution in [0.2, 0.25) is 0 Å². The van der Waals surface area contributed by atoms with Crippen molar-refractivity contribution in [3.8, 4) is 12.3 Å². The number of aliphatic carboxylic acids is 1. The fourth-order valence-electron chi connectivity index (χ4n) is 1.62. The molecule has 5 heteroatoms. The van der Waals surface area contributed by atoms with Gasteiger partial charge in [0.1, 0.15) is 0 Å². The fraction of sp³-hybridized carbons (Fsp3) is 0.333. The van der Waals surface area contributed by atoms with Gasteiger partial charge in [-0.15, -0.1) is 12.3 Å². The minimum Gasteiger partial charge on any atom is -0.481 e. The molecule has 1 aromatic rings. The molecule has 0 aliphatic rings. The Balaban J connectivity index is 2.78. The minimum atomic E-state index is -0.946. The van der Waals surface area contributed by atoms with Crippen LogP contribution in [0.3, 0.4) is 0 Å². The number of carboxylic acids is 1. The van der Waals surface area contributed by atoms with Gasteiger partial charge >= 0.3 is 12.0 Å². The predicted molar refractivity (Wildman–Crippen MR) is 77.6 cm³/mol. The van der Waals surface area contributed by atoms with Gasteiger partial charge in [0.05, 0.1) is 6.42 Å². The molecule has 106 valence electrons. The molecule has 0 aromatic heterocycles. The van der Waals surface area contributed by atoms with E-state index >= 15 is 0 Å². The van der Waals surface area contributed by atoms with Gasteiger partial charge in [-0.1, -0.05) is 17.7 Å². The van der Waals surface area contributed by atoms with E-state index in [9.17, 15) is 9.59 Å². The zero-order valence-corrected chi connectivity index (χ0v) is 11.4. The number of carboxylic acid groups (broad SMARTS) is 1. The summed E-state index contributed by atoms with van der Waals surface area (Å²) in [7, 11) is 0. The summed E-state index contributed by atoms with van der Waals surface area (Å²) in [5.41, 5.74) is 1.73. The molecule has 0 atom stereocenters. The first-order valence-electron chi connectivity index (χ1n) is 6.32. The summed E-state index contributed by atoms with van der Waals surface area (Å²) in [4.78, 5) is 24.2. The van der Waals surface area contributed by atoms with E-state index in [0.29, 0.717) is 18.7 Å². The minimum absolute atomic E-state index is 0.111. The molecule has 2 amide bonds. The van der Waals surface area contributed by atoms with Gasteiger partial charge in [-0.2, -0.15) is 0 Å². The first-order valence-corrected chi connectivity index (χ1v) is 6.32. The van der Waals surface area contributed by atoms with E-state index in [0.717, 1.165) is 5.56 Å². The Morgan fingerprint density at radius 3 is 2.55 bits per heavy atom. The van der Waals surface area contributed by atoms with E-state index in [4.69, 9.17) is 11.5 Å². The average Bonchev–Trinajstić information content (AvgIpc) is 2.41. The highest BCUT2D eigenvalue weighted by Gasteiger charge is 2.16. The van der Waals surface area contributed by atoms with Crippen LogP contribution in [0.15, 0.2) is 24.3 Å². The van der Waals surface area contributed by atoms with Crippen LogP contribution in [0, 0.1) is 19.3 Å². The number of nitrogens with zero attached hydrogens (tertiary/aromatic N) is 1. The number of anilines is 1. The summed E-state index contributed by atoms with van der Waals surface area (Å²) in [5, 5.41) is 11.4. The summed E-state index contributed by atoms with van der Waals surface area (Å²) < 4.78 is 0. The molecule has 0 unspecified atom stereocenters. The second-order valence-corrected chi connectivity index (χ2v) is 4.32. The zero-order chi connectivity index (χ0) is 15.0. The van der Waals surface area contributed by atoms with Crippen LogP contribution in [0.5, 0.6) is 0 Å². The Kier molecular flexibility index (Phi) is 6.11. The fourth-order valence-corrected chi connectivity index (χ4v) is 1.62. The van der Waals surface area contributed by atoms with Gasteiger partial charge in [-0.05, 0) is 19.1 Å². The lowest BCUT2D eigenvalue weighted by Gasteiger charge is -2.22. The number of hydrogen-bond donors (Lipinski definition) is 2. The first-order chi connectivity index (χ1) is 9.54. The van der Waals surface area contributed by atoms with Crippen molar-refractivity contribution >= 4 is 17.7 Å². The van der Waals surface area contributed by atoms with Gasteiger partial charge in [0.15, 0.2) is 0 Å². The summed E-state index contributed by atoms with van der Waals surface area (Å²) >= 11 is 0. The molecule has 20 heavy (non-hydrogen) atoms. The Morgan fingerprint density at radius 2 is 2.00 bits per heavy atom. The first kappa shape index (κ1) is 15.6. The molecule has 1 aromatic carbocycles.